The van der Waals surface area contributed by atoms with Gasteiger partial charge < -0.3 is 4.90 Å². The zero-order chi connectivity index (χ0) is 15.3. The predicted octanol–water partition coefficient (Wildman–Crippen LogP) is 4.17. The molecule has 5 rings (SSSR count). The molecule has 4 fully saturated rings. The lowest BCUT2D eigenvalue weighted by molar-refractivity contribution is -0.156. The topological polar surface area (TPSA) is 20.3 Å². The van der Waals surface area contributed by atoms with Crippen LogP contribution in [0.5, 0.6) is 0 Å². The summed E-state index contributed by atoms with van der Waals surface area (Å²) in [6.45, 7) is 2.89. The maximum atomic E-state index is 13.2. The van der Waals surface area contributed by atoms with E-state index in [1.54, 1.807) is 0 Å². The summed E-state index contributed by atoms with van der Waals surface area (Å²) in [7, 11) is 2.01. The van der Waals surface area contributed by atoms with Crippen LogP contribution >= 0.6 is 0 Å². The molecule has 4 aliphatic rings. The van der Waals surface area contributed by atoms with Crippen molar-refractivity contribution in [1.29, 1.82) is 0 Å². The Morgan fingerprint density at radius 2 is 1.64 bits per heavy atom. The molecule has 0 saturated heterocycles. The van der Waals surface area contributed by atoms with Gasteiger partial charge in [0.05, 0.1) is 5.41 Å². The van der Waals surface area contributed by atoms with Crippen LogP contribution in [0.3, 0.4) is 0 Å². The lowest BCUT2D eigenvalue weighted by atomic mass is 9.49. The number of carbonyl (C=O) groups is 1. The minimum atomic E-state index is -0.00775. The third-order valence-electron chi connectivity index (χ3n) is 6.51. The fourth-order valence-electron chi connectivity index (χ4n) is 5.89. The molecule has 0 N–H and O–H groups in total. The maximum absolute atomic E-state index is 13.2. The van der Waals surface area contributed by atoms with E-state index in [0.29, 0.717) is 5.91 Å². The predicted molar refractivity (Wildman–Crippen MR) is 88.3 cm³/mol. The van der Waals surface area contributed by atoms with Crippen molar-refractivity contribution in [2.75, 3.05) is 7.05 Å². The molecule has 1 aromatic carbocycles. The van der Waals surface area contributed by atoms with Crippen molar-refractivity contribution in [2.24, 2.45) is 23.2 Å². The van der Waals surface area contributed by atoms with Crippen molar-refractivity contribution in [3.8, 4) is 0 Å². The molecule has 0 unspecified atom stereocenters. The Hall–Kier alpha value is -1.31. The van der Waals surface area contributed by atoms with Gasteiger partial charge in [-0.25, -0.2) is 0 Å². The van der Waals surface area contributed by atoms with Crippen molar-refractivity contribution in [2.45, 2.75) is 52.0 Å². The van der Waals surface area contributed by atoms with Crippen molar-refractivity contribution < 1.29 is 4.79 Å². The van der Waals surface area contributed by atoms with Gasteiger partial charge >= 0.3 is 0 Å². The molecule has 2 heteroatoms. The van der Waals surface area contributed by atoms with E-state index in [1.165, 1.54) is 30.4 Å². The van der Waals surface area contributed by atoms with Crippen LogP contribution in [0.1, 0.15) is 49.7 Å². The highest BCUT2D eigenvalue weighted by atomic mass is 16.2. The second kappa shape index (κ2) is 5.11. The number of carbonyl (C=O) groups excluding carboxylic acids is 1. The first-order chi connectivity index (χ1) is 10.6. The van der Waals surface area contributed by atoms with Gasteiger partial charge in [-0.05, 0) is 74.3 Å². The van der Waals surface area contributed by atoms with E-state index in [1.807, 2.05) is 11.9 Å². The average Bonchev–Trinajstić information content (AvgIpc) is 2.47. The number of hydrogen-bond acceptors (Lipinski definition) is 1. The van der Waals surface area contributed by atoms with E-state index >= 15 is 0 Å². The molecule has 0 heterocycles. The molecule has 2 nitrogen and oxygen atoms in total. The molecule has 22 heavy (non-hydrogen) atoms. The van der Waals surface area contributed by atoms with Crippen LogP contribution in [0.25, 0.3) is 0 Å². The molecule has 1 aromatic rings. The third kappa shape index (κ3) is 2.28. The highest BCUT2D eigenvalue weighted by Crippen LogP contribution is 2.60. The van der Waals surface area contributed by atoms with Crippen LogP contribution in [0, 0.1) is 30.1 Å². The van der Waals surface area contributed by atoms with Crippen LogP contribution in [-0.2, 0) is 11.3 Å². The second-order valence-corrected chi connectivity index (χ2v) is 8.29. The number of hydrogen-bond donors (Lipinski definition) is 0. The molecule has 4 bridgehead atoms. The first-order valence-electron chi connectivity index (χ1n) is 8.86. The summed E-state index contributed by atoms with van der Waals surface area (Å²) >= 11 is 0. The fraction of sp³-hybridized carbons (Fsp3) is 0.650. The summed E-state index contributed by atoms with van der Waals surface area (Å²) in [6.07, 6.45) is 7.68. The Morgan fingerprint density at radius 3 is 2.18 bits per heavy atom. The molecule has 0 atom stereocenters. The molecule has 118 valence electrons. The molecule has 4 aliphatic carbocycles. The van der Waals surface area contributed by atoms with E-state index in [9.17, 15) is 4.79 Å². The standard InChI is InChI=1S/C20H27NO/c1-14-5-3-4-6-18(14)13-21(2)19(22)20-10-15-7-16(11-20)9-17(8-15)12-20/h3-6,15-17H,7-13H2,1-2H3. The lowest BCUT2D eigenvalue weighted by Gasteiger charge is -2.56. The van der Waals surface area contributed by atoms with Gasteiger partial charge in [0.2, 0.25) is 5.91 Å². The highest BCUT2D eigenvalue weighted by molar-refractivity contribution is 5.83. The van der Waals surface area contributed by atoms with Crippen LogP contribution in [0.2, 0.25) is 0 Å². The fourth-order valence-corrected chi connectivity index (χ4v) is 5.89. The first kappa shape index (κ1) is 14.3. The summed E-state index contributed by atoms with van der Waals surface area (Å²) in [6, 6.07) is 8.43. The molecule has 1 amide bonds. The zero-order valence-corrected chi connectivity index (χ0v) is 13.8. The summed E-state index contributed by atoms with van der Waals surface area (Å²) in [5.41, 5.74) is 2.56. The molecular formula is C20H27NO. The van der Waals surface area contributed by atoms with E-state index in [-0.39, 0.29) is 5.41 Å². The second-order valence-electron chi connectivity index (χ2n) is 8.29. The largest absolute Gasteiger partial charge is 0.341 e. The summed E-state index contributed by atoms with van der Waals surface area (Å²) in [5.74, 6) is 2.93. The first-order valence-corrected chi connectivity index (χ1v) is 8.86. The quantitative estimate of drug-likeness (QED) is 0.820. The Balaban J connectivity index is 1.53. The van der Waals surface area contributed by atoms with Gasteiger partial charge in [0, 0.05) is 13.6 Å². The van der Waals surface area contributed by atoms with Crippen molar-refractivity contribution >= 4 is 5.91 Å². The van der Waals surface area contributed by atoms with Crippen LogP contribution in [-0.4, -0.2) is 17.9 Å². The van der Waals surface area contributed by atoms with Gasteiger partial charge in [0.15, 0.2) is 0 Å². The van der Waals surface area contributed by atoms with Crippen molar-refractivity contribution in [1.82, 2.24) is 4.90 Å². The summed E-state index contributed by atoms with van der Waals surface area (Å²) < 4.78 is 0. The zero-order valence-electron chi connectivity index (χ0n) is 13.8. The van der Waals surface area contributed by atoms with Crippen molar-refractivity contribution in [3.05, 3.63) is 35.4 Å². The molecule has 0 radical (unpaired) electrons. The van der Waals surface area contributed by atoms with Gasteiger partial charge in [-0.1, -0.05) is 24.3 Å². The molecule has 0 aliphatic heterocycles. The van der Waals surface area contributed by atoms with E-state index in [2.05, 4.69) is 31.2 Å². The molecule has 0 aromatic heterocycles. The van der Waals surface area contributed by atoms with Gasteiger partial charge in [-0.2, -0.15) is 0 Å². The van der Waals surface area contributed by atoms with E-state index in [0.717, 1.165) is 43.6 Å². The molecule has 4 saturated carbocycles. The summed E-state index contributed by atoms with van der Waals surface area (Å²) in [4.78, 5) is 15.2. The smallest absolute Gasteiger partial charge is 0.228 e. The maximum Gasteiger partial charge on any atom is 0.228 e. The number of rotatable bonds is 3. The Bertz CT molecular complexity index is 556. The Labute approximate surface area is 133 Å². The summed E-state index contributed by atoms with van der Waals surface area (Å²) in [5, 5.41) is 0. The van der Waals surface area contributed by atoms with E-state index in [4.69, 9.17) is 0 Å². The van der Waals surface area contributed by atoms with E-state index < -0.39 is 0 Å². The highest BCUT2D eigenvalue weighted by Gasteiger charge is 2.55. The SMILES string of the molecule is Cc1ccccc1CN(C)C(=O)C12CC3CC(CC(C3)C1)C2. The molecular weight excluding hydrogens is 270 g/mol. The minimum absolute atomic E-state index is 0.00775. The monoisotopic (exact) mass is 297 g/mol. The van der Waals surface area contributed by atoms with Crippen LogP contribution < -0.4 is 0 Å². The normalized spacial score (nSPS) is 35.6. The van der Waals surface area contributed by atoms with Gasteiger partial charge in [-0.15, -0.1) is 0 Å². The number of amides is 1. The number of aryl methyl sites for hydroxylation is 1. The lowest BCUT2D eigenvalue weighted by Crippen LogP contribution is -2.53. The van der Waals surface area contributed by atoms with Crippen LogP contribution in [0.15, 0.2) is 24.3 Å². The Kier molecular flexibility index (Phi) is 3.32. The van der Waals surface area contributed by atoms with Gasteiger partial charge in [0.25, 0.3) is 0 Å². The van der Waals surface area contributed by atoms with Crippen molar-refractivity contribution in [3.63, 3.8) is 0 Å². The van der Waals surface area contributed by atoms with Crippen LogP contribution in [0.4, 0.5) is 0 Å². The third-order valence-corrected chi connectivity index (χ3v) is 6.51. The number of nitrogens with zero attached hydrogens (tertiary/aromatic N) is 1. The Morgan fingerprint density at radius 1 is 1.09 bits per heavy atom. The number of benzene rings is 1. The van der Waals surface area contributed by atoms with Gasteiger partial charge in [0.1, 0.15) is 0 Å². The molecule has 0 spiro atoms. The van der Waals surface area contributed by atoms with Gasteiger partial charge in [-0.3, -0.25) is 4.79 Å². The average molecular weight is 297 g/mol. The minimum Gasteiger partial charge on any atom is -0.341 e.